The second kappa shape index (κ2) is 5.44. The zero-order valence-corrected chi connectivity index (χ0v) is 11.8. The molecule has 0 fully saturated rings. The molecule has 1 aliphatic heterocycles. The minimum Gasteiger partial charge on any atom is -0.508 e. The third-order valence-corrected chi connectivity index (χ3v) is 3.34. The highest BCUT2D eigenvalue weighted by atomic mass is 19.1. The first-order valence-electron chi connectivity index (χ1n) is 6.71. The van der Waals surface area contributed by atoms with Crippen LogP contribution in [0.3, 0.4) is 0 Å². The second-order valence-corrected chi connectivity index (χ2v) is 4.93. The van der Waals surface area contributed by atoms with Gasteiger partial charge in [0, 0.05) is 0 Å². The van der Waals surface area contributed by atoms with Crippen LogP contribution < -0.4 is 5.01 Å². The van der Waals surface area contributed by atoms with E-state index < -0.39 is 0 Å². The number of phenols is 1. The molecule has 4 nitrogen and oxygen atoms in total. The molecule has 1 aliphatic rings. The zero-order valence-electron chi connectivity index (χ0n) is 11.8. The minimum atomic E-state index is -0.365. The second-order valence-electron chi connectivity index (χ2n) is 4.93. The normalized spacial score (nSPS) is 16.3. The summed E-state index contributed by atoms with van der Waals surface area (Å²) in [6, 6.07) is 12.1. The number of phenolic OH excluding ortho intramolecular Hbond substituents is 1. The molecule has 22 heavy (non-hydrogen) atoms. The summed E-state index contributed by atoms with van der Waals surface area (Å²) in [4.78, 5) is 12.5. The molecule has 0 unspecified atom stereocenters. The fourth-order valence-electron chi connectivity index (χ4n) is 2.18. The quantitative estimate of drug-likeness (QED) is 0.864. The van der Waals surface area contributed by atoms with Crippen molar-refractivity contribution in [3.8, 4) is 5.75 Å². The Morgan fingerprint density at radius 2 is 1.73 bits per heavy atom. The van der Waals surface area contributed by atoms with Crippen LogP contribution in [0.25, 0.3) is 6.08 Å². The molecule has 2 aromatic carbocycles. The molecular formula is C17H13FN2O2. The summed E-state index contributed by atoms with van der Waals surface area (Å²) in [5.74, 6) is -0.466. The van der Waals surface area contributed by atoms with Crippen molar-refractivity contribution in [2.24, 2.45) is 5.10 Å². The first kappa shape index (κ1) is 14.0. The number of carbonyl (C=O) groups excluding carboxylic acids is 1. The van der Waals surface area contributed by atoms with Crippen molar-refractivity contribution in [3.63, 3.8) is 0 Å². The lowest BCUT2D eigenvalue weighted by atomic mass is 10.1. The van der Waals surface area contributed by atoms with E-state index in [1.807, 2.05) is 0 Å². The van der Waals surface area contributed by atoms with Gasteiger partial charge >= 0.3 is 0 Å². The molecule has 0 aliphatic carbocycles. The van der Waals surface area contributed by atoms with Crippen LogP contribution >= 0.6 is 0 Å². The number of hydrogen-bond acceptors (Lipinski definition) is 3. The average Bonchev–Trinajstić information content (AvgIpc) is 2.78. The Balaban J connectivity index is 1.92. The van der Waals surface area contributed by atoms with Crippen molar-refractivity contribution in [1.29, 1.82) is 0 Å². The number of aromatic hydroxyl groups is 1. The van der Waals surface area contributed by atoms with Gasteiger partial charge in [-0.05, 0) is 55.0 Å². The van der Waals surface area contributed by atoms with Crippen molar-refractivity contribution in [1.82, 2.24) is 0 Å². The predicted octanol–water partition coefficient (Wildman–Crippen LogP) is 3.34. The summed E-state index contributed by atoms with van der Waals surface area (Å²) < 4.78 is 13.0. The van der Waals surface area contributed by atoms with E-state index in [9.17, 15) is 14.3 Å². The summed E-state index contributed by atoms with van der Waals surface area (Å²) in [5.41, 5.74) is 2.36. The predicted molar refractivity (Wildman–Crippen MR) is 83.1 cm³/mol. The Hall–Kier alpha value is -2.95. The fraction of sp³-hybridized carbons (Fsp3) is 0.0588. The van der Waals surface area contributed by atoms with E-state index in [2.05, 4.69) is 5.10 Å². The molecule has 1 amide bonds. The van der Waals surface area contributed by atoms with Gasteiger partial charge in [-0.1, -0.05) is 12.1 Å². The highest BCUT2D eigenvalue weighted by Gasteiger charge is 2.28. The van der Waals surface area contributed by atoms with Gasteiger partial charge in [0.1, 0.15) is 11.6 Å². The van der Waals surface area contributed by atoms with Crippen LogP contribution in [0.1, 0.15) is 12.5 Å². The van der Waals surface area contributed by atoms with Gasteiger partial charge in [0.25, 0.3) is 5.91 Å². The fourth-order valence-corrected chi connectivity index (χ4v) is 2.18. The van der Waals surface area contributed by atoms with Gasteiger partial charge < -0.3 is 5.11 Å². The third kappa shape index (κ3) is 2.61. The third-order valence-electron chi connectivity index (χ3n) is 3.34. The van der Waals surface area contributed by atoms with E-state index >= 15 is 0 Å². The number of hydrazone groups is 1. The Morgan fingerprint density at radius 3 is 2.36 bits per heavy atom. The minimum absolute atomic E-state index is 0.165. The number of halogens is 1. The average molecular weight is 296 g/mol. The van der Waals surface area contributed by atoms with Crippen molar-refractivity contribution < 1.29 is 14.3 Å². The topological polar surface area (TPSA) is 52.9 Å². The van der Waals surface area contributed by atoms with Crippen molar-refractivity contribution in [2.75, 3.05) is 5.01 Å². The number of nitrogens with zero attached hydrogens (tertiary/aromatic N) is 2. The highest BCUT2D eigenvalue weighted by molar-refractivity contribution is 6.32. The van der Waals surface area contributed by atoms with E-state index in [-0.39, 0.29) is 17.5 Å². The van der Waals surface area contributed by atoms with Gasteiger partial charge in [-0.15, -0.1) is 0 Å². The van der Waals surface area contributed by atoms with Gasteiger partial charge in [0.2, 0.25) is 0 Å². The Morgan fingerprint density at radius 1 is 1.09 bits per heavy atom. The van der Waals surface area contributed by atoms with Gasteiger partial charge in [-0.25, -0.2) is 4.39 Å². The number of benzene rings is 2. The van der Waals surface area contributed by atoms with Crippen molar-refractivity contribution >= 4 is 23.4 Å². The number of hydrogen-bond donors (Lipinski definition) is 1. The molecule has 1 N–H and O–H groups in total. The smallest absolute Gasteiger partial charge is 0.280 e. The lowest BCUT2D eigenvalue weighted by Gasteiger charge is -2.11. The van der Waals surface area contributed by atoms with Crippen LogP contribution in [-0.4, -0.2) is 16.7 Å². The molecule has 0 spiro atoms. The Labute approximate surface area is 126 Å². The molecule has 0 aromatic heterocycles. The molecule has 5 heteroatoms. The molecule has 0 bridgehead atoms. The van der Waals surface area contributed by atoms with Crippen molar-refractivity contribution in [3.05, 3.63) is 65.5 Å². The standard InChI is InChI=1S/C17H13FN2O2/c1-11-16(10-12-2-8-15(21)9-3-12)17(22)20(19-11)14-6-4-13(18)5-7-14/h2-10,21H,1H3/b16-10+. The van der Waals surface area contributed by atoms with Crippen molar-refractivity contribution in [2.45, 2.75) is 6.92 Å². The lowest BCUT2D eigenvalue weighted by molar-refractivity contribution is -0.114. The molecular weight excluding hydrogens is 283 g/mol. The molecule has 0 saturated carbocycles. The molecule has 110 valence electrons. The van der Waals surface area contributed by atoms with E-state index in [0.717, 1.165) is 5.56 Å². The summed E-state index contributed by atoms with van der Waals surface area (Å²) >= 11 is 0. The summed E-state index contributed by atoms with van der Waals surface area (Å²) in [6.45, 7) is 1.74. The lowest BCUT2D eigenvalue weighted by Crippen LogP contribution is -2.21. The SMILES string of the molecule is CC1=NN(c2ccc(F)cc2)C(=O)/C1=C/c1ccc(O)cc1. The van der Waals surface area contributed by atoms with Crippen LogP contribution in [0, 0.1) is 5.82 Å². The zero-order chi connectivity index (χ0) is 15.7. The van der Waals surface area contributed by atoms with E-state index in [1.54, 1.807) is 37.3 Å². The maximum atomic E-state index is 13.0. The van der Waals surface area contributed by atoms with E-state index in [0.29, 0.717) is 17.0 Å². The highest BCUT2D eigenvalue weighted by Crippen LogP contribution is 2.25. The van der Waals surface area contributed by atoms with Gasteiger partial charge in [-0.3, -0.25) is 4.79 Å². The van der Waals surface area contributed by atoms with Gasteiger partial charge in [-0.2, -0.15) is 10.1 Å². The first-order valence-corrected chi connectivity index (χ1v) is 6.71. The molecule has 2 aromatic rings. The van der Waals surface area contributed by atoms with Crippen LogP contribution in [0.4, 0.5) is 10.1 Å². The van der Waals surface area contributed by atoms with Gasteiger partial charge in [0.05, 0.1) is 17.0 Å². The molecule has 1 heterocycles. The monoisotopic (exact) mass is 296 g/mol. The van der Waals surface area contributed by atoms with E-state index in [4.69, 9.17) is 0 Å². The largest absolute Gasteiger partial charge is 0.508 e. The van der Waals surface area contributed by atoms with Gasteiger partial charge in [0.15, 0.2) is 0 Å². The Kier molecular flexibility index (Phi) is 3.47. The molecule has 0 atom stereocenters. The number of anilines is 1. The molecule has 0 saturated heterocycles. The maximum Gasteiger partial charge on any atom is 0.280 e. The Bertz CT molecular complexity index is 777. The molecule has 3 rings (SSSR count). The first-order chi connectivity index (χ1) is 10.5. The summed E-state index contributed by atoms with van der Waals surface area (Å²) in [5, 5.41) is 14.8. The summed E-state index contributed by atoms with van der Waals surface area (Å²) in [7, 11) is 0. The number of carbonyl (C=O) groups is 1. The number of rotatable bonds is 2. The van der Waals surface area contributed by atoms with Crippen LogP contribution in [0.5, 0.6) is 5.75 Å². The van der Waals surface area contributed by atoms with Crippen LogP contribution in [0.2, 0.25) is 0 Å². The summed E-state index contributed by atoms with van der Waals surface area (Å²) in [6.07, 6.45) is 1.71. The molecule has 0 radical (unpaired) electrons. The van der Waals surface area contributed by atoms with E-state index in [1.165, 1.54) is 29.3 Å². The van der Waals surface area contributed by atoms with Crippen LogP contribution in [-0.2, 0) is 4.79 Å². The van der Waals surface area contributed by atoms with Crippen LogP contribution in [0.15, 0.2) is 59.2 Å². The number of amides is 1. The maximum absolute atomic E-state index is 13.0.